The van der Waals surface area contributed by atoms with Crippen LogP contribution < -0.4 is 5.73 Å². The topological polar surface area (TPSA) is 89.5 Å². The van der Waals surface area contributed by atoms with E-state index in [4.69, 9.17) is 5.73 Å². The van der Waals surface area contributed by atoms with E-state index < -0.39 is 4.92 Å². The summed E-state index contributed by atoms with van der Waals surface area (Å²) in [5.74, 6) is -0.152. The van der Waals surface area contributed by atoms with Crippen LogP contribution in [-0.2, 0) is 11.2 Å². The zero-order valence-electron chi connectivity index (χ0n) is 12.1. The second-order valence-electron chi connectivity index (χ2n) is 5.68. The first-order valence-corrected chi connectivity index (χ1v) is 6.43. The van der Waals surface area contributed by atoms with Crippen LogP contribution in [0.1, 0.15) is 19.4 Å². The number of likely N-dealkylation sites (N-methyl/N-ethyl adjacent to an activating group) is 1. The molecule has 0 radical (unpaired) electrons. The lowest BCUT2D eigenvalue weighted by Gasteiger charge is -2.29. The van der Waals surface area contributed by atoms with Gasteiger partial charge in [-0.3, -0.25) is 14.9 Å². The molecule has 0 aromatic heterocycles. The van der Waals surface area contributed by atoms with Crippen molar-refractivity contribution in [2.24, 2.45) is 11.1 Å². The van der Waals surface area contributed by atoms with Crippen molar-refractivity contribution in [3.05, 3.63) is 39.9 Å². The molecule has 0 saturated heterocycles. The van der Waals surface area contributed by atoms with Crippen molar-refractivity contribution >= 4 is 11.6 Å². The highest BCUT2D eigenvalue weighted by atomic mass is 16.6. The molecule has 0 heterocycles. The van der Waals surface area contributed by atoms with Gasteiger partial charge in [0.05, 0.1) is 11.3 Å². The third-order valence-electron chi connectivity index (χ3n) is 3.17. The van der Waals surface area contributed by atoms with Gasteiger partial charge < -0.3 is 10.6 Å². The van der Waals surface area contributed by atoms with Crippen LogP contribution in [0.25, 0.3) is 0 Å². The molecule has 0 bridgehead atoms. The van der Waals surface area contributed by atoms with E-state index in [1.165, 1.54) is 6.07 Å². The second kappa shape index (κ2) is 6.47. The SMILES string of the molecule is CN(CC(C)(C)CN)C(=O)Cc1ccccc1[N+](=O)[O-]. The van der Waals surface area contributed by atoms with Gasteiger partial charge in [0, 0.05) is 25.2 Å². The van der Waals surface area contributed by atoms with Gasteiger partial charge in [-0.2, -0.15) is 0 Å². The maximum absolute atomic E-state index is 12.1. The Hall–Kier alpha value is -1.95. The number of hydrogen-bond donors (Lipinski definition) is 1. The molecule has 0 aliphatic rings. The van der Waals surface area contributed by atoms with E-state index >= 15 is 0 Å². The van der Waals surface area contributed by atoms with Crippen molar-refractivity contribution in [1.29, 1.82) is 0 Å². The lowest BCUT2D eigenvalue weighted by Crippen LogP contribution is -2.40. The van der Waals surface area contributed by atoms with E-state index in [9.17, 15) is 14.9 Å². The summed E-state index contributed by atoms with van der Waals surface area (Å²) in [7, 11) is 1.69. The second-order valence-corrected chi connectivity index (χ2v) is 5.68. The minimum Gasteiger partial charge on any atom is -0.345 e. The Balaban J connectivity index is 2.79. The van der Waals surface area contributed by atoms with Gasteiger partial charge in [-0.25, -0.2) is 0 Å². The summed E-state index contributed by atoms with van der Waals surface area (Å²) in [6.07, 6.45) is 0.0221. The van der Waals surface area contributed by atoms with Crippen LogP contribution in [0.2, 0.25) is 0 Å². The number of nitro groups is 1. The minimum absolute atomic E-state index is 0.0210. The fourth-order valence-electron chi connectivity index (χ4n) is 1.93. The third kappa shape index (κ3) is 4.31. The number of nitrogens with two attached hydrogens (primary N) is 1. The monoisotopic (exact) mass is 279 g/mol. The summed E-state index contributed by atoms with van der Waals surface area (Å²) in [5.41, 5.74) is 5.88. The first-order chi connectivity index (χ1) is 9.26. The molecule has 0 fully saturated rings. The standard InChI is InChI=1S/C14H21N3O3/c1-14(2,9-15)10-16(3)13(18)8-11-6-4-5-7-12(11)17(19)20/h4-7H,8-10,15H2,1-3H3. The third-order valence-corrected chi connectivity index (χ3v) is 3.17. The molecule has 1 amide bonds. The average molecular weight is 279 g/mol. The maximum atomic E-state index is 12.1. The van der Waals surface area contributed by atoms with Gasteiger partial charge in [-0.15, -0.1) is 0 Å². The minimum atomic E-state index is -0.466. The number of nitrogens with zero attached hydrogens (tertiary/aromatic N) is 2. The van der Waals surface area contributed by atoms with Crippen molar-refractivity contribution in [3.8, 4) is 0 Å². The zero-order valence-corrected chi connectivity index (χ0v) is 12.1. The van der Waals surface area contributed by atoms with Crippen LogP contribution in [0.5, 0.6) is 0 Å². The summed E-state index contributed by atoms with van der Waals surface area (Å²) >= 11 is 0. The summed E-state index contributed by atoms with van der Waals surface area (Å²) in [6, 6.07) is 6.30. The molecule has 0 unspecified atom stereocenters. The summed E-state index contributed by atoms with van der Waals surface area (Å²) in [6.45, 7) is 4.93. The highest BCUT2D eigenvalue weighted by Gasteiger charge is 2.23. The number of rotatable bonds is 6. The molecular formula is C14H21N3O3. The molecule has 110 valence electrons. The first-order valence-electron chi connectivity index (χ1n) is 6.43. The molecular weight excluding hydrogens is 258 g/mol. The van der Waals surface area contributed by atoms with Crippen LogP contribution in [0.3, 0.4) is 0 Å². The lowest BCUT2D eigenvalue weighted by atomic mass is 9.93. The lowest BCUT2D eigenvalue weighted by molar-refractivity contribution is -0.385. The number of nitro benzene ring substituents is 1. The predicted molar refractivity (Wildman–Crippen MR) is 77.3 cm³/mol. The van der Waals surface area contributed by atoms with Gasteiger partial charge in [0.2, 0.25) is 5.91 Å². The quantitative estimate of drug-likeness (QED) is 0.632. The van der Waals surface area contributed by atoms with Crippen LogP contribution >= 0.6 is 0 Å². The van der Waals surface area contributed by atoms with Crippen molar-refractivity contribution in [2.75, 3.05) is 20.1 Å². The fraction of sp³-hybridized carbons (Fsp3) is 0.500. The maximum Gasteiger partial charge on any atom is 0.273 e. The van der Waals surface area contributed by atoms with Crippen LogP contribution in [0.15, 0.2) is 24.3 Å². The molecule has 0 aliphatic heterocycles. The Bertz CT molecular complexity index is 500. The van der Waals surface area contributed by atoms with Gasteiger partial charge in [0.1, 0.15) is 0 Å². The van der Waals surface area contributed by atoms with Crippen molar-refractivity contribution in [1.82, 2.24) is 4.90 Å². The van der Waals surface area contributed by atoms with Gasteiger partial charge in [-0.1, -0.05) is 32.0 Å². The Morgan fingerprint density at radius 2 is 2.00 bits per heavy atom. The van der Waals surface area contributed by atoms with E-state index in [0.717, 1.165) is 0 Å². The molecule has 0 aliphatic carbocycles. The van der Waals surface area contributed by atoms with E-state index in [0.29, 0.717) is 18.7 Å². The highest BCUT2D eigenvalue weighted by Crippen LogP contribution is 2.20. The van der Waals surface area contributed by atoms with Gasteiger partial charge in [-0.05, 0) is 12.0 Å². The smallest absolute Gasteiger partial charge is 0.273 e. The van der Waals surface area contributed by atoms with Crippen molar-refractivity contribution < 1.29 is 9.72 Å². The number of carbonyl (C=O) groups is 1. The van der Waals surface area contributed by atoms with E-state index in [1.807, 2.05) is 13.8 Å². The molecule has 1 aromatic rings. The zero-order chi connectivity index (χ0) is 15.3. The molecule has 2 N–H and O–H groups in total. The van der Waals surface area contributed by atoms with Crippen LogP contribution in [0, 0.1) is 15.5 Å². The Labute approximate surface area is 118 Å². The average Bonchev–Trinajstić information content (AvgIpc) is 2.38. The highest BCUT2D eigenvalue weighted by molar-refractivity contribution is 5.79. The number of benzene rings is 1. The van der Waals surface area contributed by atoms with Gasteiger partial charge in [0.25, 0.3) is 5.69 Å². The Morgan fingerprint density at radius 1 is 1.40 bits per heavy atom. The molecule has 1 aromatic carbocycles. The van der Waals surface area contributed by atoms with Gasteiger partial charge in [0.15, 0.2) is 0 Å². The van der Waals surface area contributed by atoms with Crippen molar-refractivity contribution in [2.45, 2.75) is 20.3 Å². The number of carbonyl (C=O) groups excluding carboxylic acids is 1. The molecule has 20 heavy (non-hydrogen) atoms. The molecule has 0 atom stereocenters. The largest absolute Gasteiger partial charge is 0.345 e. The summed E-state index contributed by atoms with van der Waals surface area (Å²) in [5, 5.41) is 10.9. The van der Waals surface area contributed by atoms with Crippen LogP contribution in [-0.4, -0.2) is 35.9 Å². The Morgan fingerprint density at radius 3 is 2.55 bits per heavy atom. The summed E-state index contributed by atoms with van der Waals surface area (Å²) < 4.78 is 0. The van der Waals surface area contributed by atoms with E-state index in [2.05, 4.69) is 0 Å². The molecule has 1 rings (SSSR count). The molecule has 6 heteroatoms. The number of para-hydroxylation sites is 1. The van der Waals surface area contributed by atoms with Gasteiger partial charge >= 0.3 is 0 Å². The fourth-order valence-corrected chi connectivity index (χ4v) is 1.93. The number of amides is 1. The van der Waals surface area contributed by atoms with Crippen LogP contribution in [0.4, 0.5) is 5.69 Å². The van der Waals surface area contributed by atoms with E-state index in [-0.39, 0.29) is 23.4 Å². The predicted octanol–water partition coefficient (Wildman–Crippen LogP) is 1.58. The molecule has 0 saturated carbocycles. The first kappa shape index (κ1) is 16.1. The summed E-state index contributed by atoms with van der Waals surface area (Å²) in [4.78, 5) is 24.2. The van der Waals surface area contributed by atoms with E-state index in [1.54, 1.807) is 30.1 Å². The molecule has 0 spiro atoms. The Kier molecular flexibility index (Phi) is 5.21. The molecule has 6 nitrogen and oxygen atoms in total. The normalized spacial score (nSPS) is 11.2. The number of hydrogen-bond acceptors (Lipinski definition) is 4. The van der Waals surface area contributed by atoms with Crippen molar-refractivity contribution in [3.63, 3.8) is 0 Å².